The fraction of sp³-hybridized carbons (Fsp3) is 0.900. The summed E-state index contributed by atoms with van der Waals surface area (Å²) in [5.74, 6) is 0.757. The van der Waals surface area contributed by atoms with Gasteiger partial charge in [-0.15, -0.1) is 0 Å². The smallest absolute Gasteiger partial charge is 0.169 e. The Morgan fingerprint density at radius 2 is 2.29 bits per heavy atom. The highest BCUT2D eigenvalue weighted by atomic mass is 32.1. The van der Waals surface area contributed by atoms with Gasteiger partial charge >= 0.3 is 0 Å². The van der Waals surface area contributed by atoms with Crippen LogP contribution in [0.2, 0.25) is 0 Å². The molecular formula is C10H20N2OS. The molecule has 2 atom stereocenters. The van der Waals surface area contributed by atoms with Crippen LogP contribution in [0.15, 0.2) is 0 Å². The first kappa shape index (κ1) is 11.7. The average Bonchev–Trinajstić information content (AvgIpc) is 2.45. The fourth-order valence-electron chi connectivity index (χ4n) is 1.94. The molecule has 14 heavy (non-hydrogen) atoms. The number of nitrogens with zero attached hydrogens (tertiary/aromatic N) is 1. The predicted molar refractivity (Wildman–Crippen MR) is 62.4 cm³/mol. The number of likely N-dealkylation sites (tertiary alicyclic amines) is 1. The van der Waals surface area contributed by atoms with Gasteiger partial charge in [-0.1, -0.05) is 6.92 Å². The van der Waals surface area contributed by atoms with Crippen LogP contribution in [0.3, 0.4) is 0 Å². The lowest BCUT2D eigenvalue weighted by Crippen LogP contribution is -2.42. The summed E-state index contributed by atoms with van der Waals surface area (Å²) in [5.41, 5.74) is 0. The highest BCUT2D eigenvalue weighted by Gasteiger charge is 2.27. The molecule has 0 radical (unpaired) electrons. The zero-order valence-electron chi connectivity index (χ0n) is 9.25. The van der Waals surface area contributed by atoms with Crippen LogP contribution in [0, 0.1) is 5.92 Å². The van der Waals surface area contributed by atoms with Crippen molar-refractivity contribution >= 4 is 17.3 Å². The van der Waals surface area contributed by atoms with Crippen molar-refractivity contribution in [2.24, 2.45) is 5.92 Å². The van der Waals surface area contributed by atoms with Gasteiger partial charge in [0.05, 0.1) is 6.61 Å². The maximum atomic E-state index is 5.32. The summed E-state index contributed by atoms with van der Waals surface area (Å²) in [6, 6.07) is 0.576. The molecule has 1 heterocycles. The molecule has 82 valence electrons. The van der Waals surface area contributed by atoms with Crippen LogP contribution in [-0.2, 0) is 4.74 Å². The predicted octanol–water partition coefficient (Wildman–Crippen LogP) is 1.24. The number of nitrogens with one attached hydrogen (secondary N) is 1. The zero-order valence-corrected chi connectivity index (χ0v) is 10.1. The van der Waals surface area contributed by atoms with Crippen LogP contribution >= 0.6 is 12.2 Å². The van der Waals surface area contributed by atoms with Gasteiger partial charge in [-0.3, -0.25) is 0 Å². The second-order valence-corrected chi connectivity index (χ2v) is 4.45. The minimum absolute atomic E-state index is 0.576. The second-order valence-electron chi connectivity index (χ2n) is 4.07. The number of methoxy groups -OCH3 is 1. The molecule has 2 unspecified atom stereocenters. The lowest BCUT2D eigenvalue weighted by molar-refractivity contribution is 0.203. The van der Waals surface area contributed by atoms with E-state index in [0.29, 0.717) is 12.6 Å². The molecule has 0 spiro atoms. The SMILES string of the molecule is COCCNC(=S)N1CC(C)CC1C. The van der Waals surface area contributed by atoms with Crippen molar-refractivity contribution < 1.29 is 4.74 Å². The van der Waals surface area contributed by atoms with Crippen LogP contribution in [0.1, 0.15) is 20.3 Å². The molecule has 0 aromatic heterocycles. The Kier molecular flexibility index (Phi) is 4.62. The van der Waals surface area contributed by atoms with Crippen molar-refractivity contribution in [3.8, 4) is 0 Å². The van der Waals surface area contributed by atoms with Gasteiger partial charge in [-0.05, 0) is 31.5 Å². The maximum absolute atomic E-state index is 5.32. The highest BCUT2D eigenvalue weighted by Crippen LogP contribution is 2.21. The first-order valence-electron chi connectivity index (χ1n) is 5.18. The van der Waals surface area contributed by atoms with Gasteiger partial charge in [0.15, 0.2) is 5.11 Å². The molecule has 1 aliphatic rings. The molecule has 0 amide bonds. The molecule has 0 aromatic carbocycles. The van der Waals surface area contributed by atoms with Gasteiger partial charge in [-0.25, -0.2) is 0 Å². The van der Waals surface area contributed by atoms with E-state index >= 15 is 0 Å². The monoisotopic (exact) mass is 216 g/mol. The molecule has 1 saturated heterocycles. The Morgan fingerprint density at radius 1 is 1.57 bits per heavy atom. The summed E-state index contributed by atoms with van der Waals surface area (Å²) >= 11 is 5.32. The van der Waals surface area contributed by atoms with E-state index in [1.165, 1.54) is 6.42 Å². The summed E-state index contributed by atoms with van der Waals surface area (Å²) in [7, 11) is 1.70. The van der Waals surface area contributed by atoms with Gasteiger partial charge in [0.1, 0.15) is 0 Å². The summed E-state index contributed by atoms with van der Waals surface area (Å²) in [4.78, 5) is 2.27. The molecule has 3 nitrogen and oxygen atoms in total. The number of hydrogen-bond donors (Lipinski definition) is 1. The van der Waals surface area contributed by atoms with Crippen LogP contribution in [0.25, 0.3) is 0 Å². The lowest BCUT2D eigenvalue weighted by atomic mass is 10.1. The Labute approximate surface area is 91.8 Å². The molecule has 1 aliphatic heterocycles. The first-order chi connectivity index (χ1) is 6.65. The molecule has 1 N–H and O–H groups in total. The minimum Gasteiger partial charge on any atom is -0.383 e. The van der Waals surface area contributed by atoms with E-state index in [1.807, 2.05) is 0 Å². The second kappa shape index (κ2) is 5.51. The van der Waals surface area contributed by atoms with E-state index in [0.717, 1.165) is 24.1 Å². The normalized spacial score (nSPS) is 26.6. The summed E-state index contributed by atoms with van der Waals surface area (Å²) in [6.45, 7) is 7.09. The first-order valence-corrected chi connectivity index (χ1v) is 5.59. The van der Waals surface area contributed by atoms with E-state index in [2.05, 4.69) is 24.1 Å². The number of hydrogen-bond acceptors (Lipinski definition) is 2. The molecule has 0 saturated carbocycles. The van der Waals surface area contributed by atoms with Crippen molar-refractivity contribution in [2.75, 3.05) is 26.8 Å². The quantitative estimate of drug-likeness (QED) is 0.566. The molecule has 0 bridgehead atoms. The molecular weight excluding hydrogens is 196 g/mol. The summed E-state index contributed by atoms with van der Waals surface area (Å²) in [5, 5.41) is 4.08. The Balaban J connectivity index is 2.30. The van der Waals surface area contributed by atoms with Gasteiger partial charge in [0.25, 0.3) is 0 Å². The number of ether oxygens (including phenoxy) is 1. The minimum atomic E-state index is 0.576. The van der Waals surface area contributed by atoms with Crippen molar-refractivity contribution in [3.05, 3.63) is 0 Å². The molecule has 0 aromatic rings. The largest absolute Gasteiger partial charge is 0.383 e. The van der Waals surface area contributed by atoms with E-state index in [1.54, 1.807) is 7.11 Å². The van der Waals surface area contributed by atoms with Crippen molar-refractivity contribution in [2.45, 2.75) is 26.3 Å². The van der Waals surface area contributed by atoms with Crippen LogP contribution in [0.5, 0.6) is 0 Å². The van der Waals surface area contributed by atoms with Crippen molar-refractivity contribution in [3.63, 3.8) is 0 Å². The molecule has 0 aliphatic carbocycles. The fourth-order valence-corrected chi connectivity index (χ4v) is 2.30. The van der Waals surface area contributed by atoms with E-state index in [4.69, 9.17) is 17.0 Å². The maximum Gasteiger partial charge on any atom is 0.169 e. The molecule has 1 fully saturated rings. The van der Waals surface area contributed by atoms with Gasteiger partial charge in [0.2, 0.25) is 0 Å². The standard InChI is InChI=1S/C10H20N2OS/c1-8-6-9(2)12(7-8)10(14)11-4-5-13-3/h8-9H,4-7H2,1-3H3,(H,11,14). The Hall–Kier alpha value is -0.350. The number of thiocarbonyl (C=S) groups is 1. The van der Waals surface area contributed by atoms with Gasteiger partial charge in [0, 0.05) is 26.2 Å². The van der Waals surface area contributed by atoms with E-state index in [-0.39, 0.29) is 0 Å². The zero-order chi connectivity index (χ0) is 10.6. The van der Waals surface area contributed by atoms with Crippen molar-refractivity contribution in [1.82, 2.24) is 10.2 Å². The molecule has 4 heteroatoms. The topological polar surface area (TPSA) is 24.5 Å². The van der Waals surface area contributed by atoms with Gasteiger partial charge in [-0.2, -0.15) is 0 Å². The van der Waals surface area contributed by atoms with Crippen LogP contribution in [-0.4, -0.2) is 42.9 Å². The third-order valence-electron chi connectivity index (χ3n) is 2.63. The van der Waals surface area contributed by atoms with E-state index < -0.39 is 0 Å². The number of rotatable bonds is 3. The summed E-state index contributed by atoms with van der Waals surface area (Å²) < 4.78 is 4.96. The van der Waals surface area contributed by atoms with Gasteiger partial charge < -0.3 is 15.0 Å². The third kappa shape index (κ3) is 3.10. The Bertz CT molecular complexity index is 199. The molecule has 1 rings (SSSR count). The summed E-state index contributed by atoms with van der Waals surface area (Å²) in [6.07, 6.45) is 1.24. The highest BCUT2D eigenvalue weighted by molar-refractivity contribution is 7.80. The average molecular weight is 216 g/mol. The van der Waals surface area contributed by atoms with E-state index in [9.17, 15) is 0 Å². The van der Waals surface area contributed by atoms with Crippen molar-refractivity contribution in [1.29, 1.82) is 0 Å². The lowest BCUT2D eigenvalue weighted by Gasteiger charge is -2.24. The Morgan fingerprint density at radius 3 is 2.79 bits per heavy atom. The van der Waals surface area contributed by atoms with Crippen LogP contribution in [0.4, 0.5) is 0 Å². The third-order valence-corrected chi connectivity index (χ3v) is 3.01. The van der Waals surface area contributed by atoms with Crippen LogP contribution < -0.4 is 5.32 Å².